The number of β-lactam (4-membered cyclic amide) rings is 1. The fourth-order valence-electron chi connectivity index (χ4n) is 4.98. The van der Waals surface area contributed by atoms with Crippen LogP contribution in [-0.4, -0.2) is 66.4 Å². The number of nitrogen functional groups attached to an aromatic ring is 1. The van der Waals surface area contributed by atoms with Crippen molar-refractivity contribution >= 4 is 44.3 Å². The Morgan fingerprint density at radius 1 is 1.31 bits per heavy atom. The zero-order valence-electron chi connectivity index (χ0n) is 21.0. The van der Waals surface area contributed by atoms with Gasteiger partial charge < -0.3 is 26.2 Å². The first-order chi connectivity index (χ1) is 18.3. The van der Waals surface area contributed by atoms with Gasteiger partial charge >= 0.3 is 10.3 Å². The van der Waals surface area contributed by atoms with Crippen LogP contribution >= 0.6 is 11.3 Å². The lowest BCUT2D eigenvalue weighted by molar-refractivity contribution is -0.157. The minimum Gasteiger partial charge on any atom is -0.503 e. The van der Waals surface area contributed by atoms with Crippen LogP contribution in [0.15, 0.2) is 27.6 Å². The Labute approximate surface area is 226 Å². The Kier molecular flexibility index (Phi) is 7.59. The molecule has 0 radical (unpaired) electrons. The molecule has 1 spiro atoms. The smallest absolute Gasteiger partial charge is 0.362 e. The first kappa shape index (κ1) is 28.3. The van der Waals surface area contributed by atoms with E-state index in [4.69, 9.17) is 10.6 Å². The maximum atomic E-state index is 13.5. The minimum absolute atomic E-state index is 0.000651. The number of carbonyl (C=O) groups excluding carboxylic acids is 2. The fraction of sp³-hybridized carbons (Fsp3) is 0.500. The minimum atomic E-state index is -4.85. The Hall–Kier alpha value is -3.70. The van der Waals surface area contributed by atoms with Crippen molar-refractivity contribution in [2.45, 2.75) is 63.6 Å². The summed E-state index contributed by atoms with van der Waals surface area (Å²) < 4.78 is 34.5. The third kappa shape index (κ3) is 5.28. The number of nitrogens with two attached hydrogens (primary N) is 1. The average Bonchev–Trinajstić information content (AvgIpc) is 3.28. The van der Waals surface area contributed by atoms with Gasteiger partial charge in [-0.1, -0.05) is 38.3 Å². The number of anilines is 1. The molecule has 2 amide bonds. The number of rotatable bonds is 8. The van der Waals surface area contributed by atoms with Crippen molar-refractivity contribution < 1.29 is 37.7 Å². The molecule has 39 heavy (non-hydrogen) atoms. The van der Waals surface area contributed by atoms with E-state index in [9.17, 15) is 37.7 Å². The molecule has 2 aliphatic rings. The zero-order chi connectivity index (χ0) is 28.7. The van der Waals surface area contributed by atoms with Crippen molar-refractivity contribution in [2.75, 3.05) is 5.73 Å². The summed E-state index contributed by atoms with van der Waals surface area (Å²) in [6.45, 7) is 3.39. The van der Waals surface area contributed by atoms with Gasteiger partial charge in [0.05, 0.1) is 11.7 Å². The van der Waals surface area contributed by atoms with Gasteiger partial charge in [0.25, 0.3) is 11.8 Å². The van der Waals surface area contributed by atoms with Crippen LogP contribution in [0.2, 0.25) is 0 Å². The molecule has 2 fully saturated rings. The van der Waals surface area contributed by atoms with E-state index in [2.05, 4.69) is 15.5 Å². The third-order valence-corrected chi connectivity index (χ3v) is 8.47. The molecule has 2 unspecified atom stereocenters. The van der Waals surface area contributed by atoms with Gasteiger partial charge in [-0.3, -0.25) is 18.9 Å². The number of carbonyl (C=O) groups is 2. The van der Waals surface area contributed by atoms with Gasteiger partial charge in [-0.15, -0.1) is 11.3 Å². The summed E-state index contributed by atoms with van der Waals surface area (Å²) in [5.74, 6) is -3.00. The highest BCUT2D eigenvalue weighted by atomic mass is 32.2. The summed E-state index contributed by atoms with van der Waals surface area (Å²) in [6, 6.07) is -0.297. The Balaban J connectivity index is 1.67. The van der Waals surface area contributed by atoms with Crippen LogP contribution in [0.4, 0.5) is 5.13 Å². The molecule has 6 N–H and O–H groups in total. The number of hydrogen-bond acceptors (Lipinski definition) is 12. The average molecular weight is 585 g/mol. The van der Waals surface area contributed by atoms with Crippen LogP contribution < -0.4 is 16.5 Å². The molecule has 17 heteroatoms. The van der Waals surface area contributed by atoms with Gasteiger partial charge in [0.2, 0.25) is 5.43 Å². The number of thiazole rings is 1. The second-order valence-electron chi connectivity index (χ2n) is 9.72. The molecule has 2 aromatic rings. The number of nitrogens with one attached hydrogen (secondary N) is 1. The summed E-state index contributed by atoms with van der Waals surface area (Å²) in [4.78, 5) is 47.9. The molecule has 4 rings (SSSR count). The number of pyridine rings is 1. The summed E-state index contributed by atoms with van der Waals surface area (Å²) in [5.41, 5.74) is 3.18. The largest absolute Gasteiger partial charge is 0.503 e. The number of aromatic hydroxyl groups is 1. The second kappa shape index (κ2) is 10.5. The van der Waals surface area contributed by atoms with E-state index in [0.717, 1.165) is 30.0 Å². The predicted molar refractivity (Wildman–Crippen MR) is 137 cm³/mol. The summed E-state index contributed by atoms with van der Waals surface area (Å²) >= 11 is 1.01. The van der Waals surface area contributed by atoms with Crippen LogP contribution in [-0.2, 0) is 24.7 Å². The number of amides is 2. The van der Waals surface area contributed by atoms with Crippen LogP contribution in [0.5, 0.6) is 5.75 Å². The Bertz CT molecular complexity index is 1480. The van der Waals surface area contributed by atoms with Crippen LogP contribution in [0.1, 0.15) is 63.4 Å². The maximum Gasteiger partial charge on any atom is 0.362 e. The first-order valence-corrected chi connectivity index (χ1v) is 14.3. The van der Waals surface area contributed by atoms with Crippen LogP contribution in [0.3, 0.4) is 0 Å². The molecule has 2 atom stereocenters. The number of hydrogen-bond donors (Lipinski definition) is 5. The molecule has 0 bridgehead atoms. The van der Waals surface area contributed by atoms with Gasteiger partial charge in [-0.05, 0) is 18.8 Å². The molecule has 1 aliphatic heterocycles. The topological polar surface area (TPSA) is 227 Å². The second-order valence-corrected chi connectivity index (χ2v) is 11.9. The maximum absolute atomic E-state index is 13.5. The summed E-state index contributed by atoms with van der Waals surface area (Å²) in [7, 11) is -4.85. The normalized spacial score (nSPS) is 20.1. The number of aromatic nitrogens is 2. The number of nitrogens with zero attached hydrogens (tertiary/aromatic N) is 4. The molecule has 15 nitrogen and oxygen atoms in total. The zero-order valence-corrected chi connectivity index (χ0v) is 22.6. The van der Waals surface area contributed by atoms with Crippen molar-refractivity contribution in [3.63, 3.8) is 0 Å². The molecule has 3 heterocycles. The van der Waals surface area contributed by atoms with E-state index < -0.39 is 62.6 Å². The quantitative estimate of drug-likeness (QED) is 0.0957. The van der Waals surface area contributed by atoms with E-state index in [-0.39, 0.29) is 29.4 Å². The molecule has 1 aliphatic carbocycles. The molecule has 1 saturated heterocycles. The lowest BCUT2D eigenvalue weighted by Crippen LogP contribution is -2.80. The highest BCUT2D eigenvalue weighted by molar-refractivity contribution is 7.84. The SMILES string of the molecule is CC(C)C(O/N=C(\C(=O)NC1C(=O)N(S(=O)(=O)O)C12CCCCC2)c1csc(N)n1)c1cc(=O)c(O)cn1O. The van der Waals surface area contributed by atoms with E-state index >= 15 is 0 Å². The van der Waals surface area contributed by atoms with Crippen molar-refractivity contribution in [1.29, 1.82) is 0 Å². The lowest BCUT2D eigenvalue weighted by atomic mass is 9.70. The lowest BCUT2D eigenvalue weighted by Gasteiger charge is -2.56. The Morgan fingerprint density at radius 2 is 1.97 bits per heavy atom. The third-order valence-electron chi connectivity index (χ3n) is 6.79. The molecule has 2 aromatic heterocycles. The summed E-state index contributed by atoms with van der Waals surface area (Å²) in [5, 5.41) is 27.8. The predicted octanol–water partition coefficient (Wildman–Crippen LogP) is 0.781. The van der Waals surface area contributed by atoms with E-state index in [1.807, 2.05) is 0 Å². The molecule has 0 aromatic carbocycles. The summed E-state index contributed by atoms with van der Waals surface area (Å²) in [6.07, 6.45) is 2.20. The van der Waals surface area contributed by atoms with Crippen molar-refractivity contribution in [3.05, 3.63) is 39.3 Å². The van der Waals surface area contributed by atoms with Gasteiger partial charge in [-0.2, -0.15) is 13.1 Å². The van der Waals surface area contributed by atoms with E-state index in [0.29, 0.717) is 21.9 Å². The highest BCUT2D eigenvalue weighted by Crippen LogP contribution is 2.45. The van der Waals surface area contributed by atoms with Gasteiger partial charge in [0, 0.05) is 11.4 Å². The first-order valence-electron chi connectivity index (χ1n) is 12.0. The Morgan fingerprint density at radius 3 is 2.54 bits per heavy atom. The molecule has 1 saturated carbocycles. The van der Waals surface area contributed by atoms with Crippen molar-refractivity contribution in [3.8, 4) is 5.75 Å². The number of oxime groups is 1. The van der Waals surface area contributed by atoms with Crippen LogP contribution in [0.25, 0.3) is 0 Å². The van der Waals surface area contributed by atoms with E-state index in [1.165, 1.54) is 5.38 Å². The highest BCUT2D eigenvalue weighted by Gasteiger charge is 2.65. The van der Waals surface area contributed by atoms with Crippen LogP contribution in [0, 0.1) is 5.92 Å². The van der Waals surface area contributed by atoms with Crippen molar-refractivity contribution in [1.82, 2.24) is 19.3 Å². The standard InChI is InChI=1S/C22H28N6O9S2/c1-11(2)17(13-8-14(29)15(30)9-27(13)33)37-26-16(12-10-38-21(23)24-12)19(31)25-18-20(32)28(39(34,35)36)22(18)6-4-3-5-7-22/h8-11,17-18,30,33H,3-7H2,1-2H3,(H2,23,24)(H,25,31)(H,34,35,36)/b26-16-. The molecular formula is C22H28N6O9S2. The van der Waals surface area contributed by atoms with E-state index in [1.54, 1.807) is 13.8 Å². The van der Waals surface area contributed by atoms with Gasteiger partial charge in [0.15, 0.2) is 22.7 Å². The molecular weight excluding hydrogens is 556 g/mol. The fourth-order valence-corrected chi connectivity index (χ4v) is 6.61. The molecule has 212 valence electrons. The van der Waals surface area contributed by atoms with Crippen molar-refractivity contribution in [2.24, 2.45) is 11.1 Å². The monoisotopic (exact) mass is 584 g/mol. The van der Waals surface area contributed by atoms with Gasteiger partial charge in [0.1, 0.15) is 17.4 Å². The van der Waals surface area contributed by atoms with Gasteiger partial charge in [-0.25, -0.2) is 9.29 Å².